The minimum Gasteiger partial charge on any atom is -0.494 e. The molecule has 1 aliphatic rings. The predicted molar refractivity (Wildman–Crippen MR) is 113 cm³/mol. The van der Waals surface area contributed by atoms with Crippen molar-refractivity contribution in [2.24, 2.45) is 15.8 Å². The zero-order valence-electron chi connectivity index (χ0n) is 17.2. The van der Waals surface area contributed by atoms with E-state index in [0.717, 1.165) is 23.0 Å². The van der Waals surface area contributed by atoms with E-state index >= 15 is 0 Å². The van der Waals surface area contributed by atoms with Gasteiger partial charge in [-0.15, -0.1) is 0 Å². The van der Waals surface area contributed by atoms with Gasteiger partial charge in [-0.2, -0.15) is 0 Å². The number of aliphatic imine (C=N–C) groups is 1. The van der Waals surface area contributed by atoms with Gasteiger partial charge >= 0.3 is 5.69 Å². The Kier molecular flexibility index (Phi) is 5.80. The average molecular weight is 399 g/mol. The summed E-state index contributed by atoms with van der Waals surface area (Å²) < 4.78 is 1.12. The first-order valence-electron chi connectivity index (χ1n) is 9.87. The van der Waals surface area contributed by atoms with Crippen LogP contribution in [-0.2, 0) is 6.54 Å². The topological polar surface area (TPSA) is 108 Å². The van der Waals surface area contributed by atoms with E-state index in [1.807, 2.05) is 30.3 Å². The number of aromatic nitrogens is 2. The van der Waals surface area contributed by atoms with Gasteiger partial charge in [0.15, 0.2) is 0 Å². The van der Waals surface area contributed by atoms with E-state index in [2.05, 4.69) is 30.7 Å². The molecule has 1 fully saturated rings. The molecule has 0 bridgehead atoms. The van der Waals surface area contributed by atoms with E-state index in [9.17, 15) is 19.8 Å². The third-order valence-electron chi connectivity index (χ3n) is 5.51. The number of nitrogens with zero attached hydrogens (tertiary/aromatic N) is 2. The molecular formula is C22H29N3O4. The zero-order valence-corrected chi connectivity index (χ0v) is 17.2. The van der Waals surface area contributed by atoms with Gasteiger partial charge in [0, 0.05) is 12.8 Å². The summed E-state index contributed by atoms with van der Waals surface area (Å²) in [6, 6.07) is 9.21. The number of rotatable bonds is 5. The van der Waals surface area contributed by atoms with Crippen molar-refractivity contribution in [2.45, 2.75) is 52.7 Å². The van der Waals surface area contributed by atoms with Gasteiger partial charge in [-0.3, -0.25) is 19.3 Å². The molecule has 0 saturated heterocycles. The molecule has 1 aromatic heterocycles. The molecule has 7 heteroatoms. The molecule has 0 amide bonds. The first kappa shape index (κ1) is 21.0. The lowest BCUT2D eigenvalue weighted by atomic mass is 9.63. The third-order valence-corrected chi connectivity index (χ3v) is 5.51. The van der Waals surface area contributed by atoms with Crippen LogP contribution in [0.5, 0.6) is 5.88 Å². The van der Waals surface area contributed by atoms with Crippen LogP contribution < -0.4 is 11.2 Å². The van der Waals surface area contributed by atoms with Crippen LogP contribution in [0.15, 0.2) is 44.9 Å². The number of aliphatic hydroxyl groups excluding tert-OH is 1. The monoisotopic (exact) mass is 399 g/mol. The molecular weight excluding hydrogens is 370 g/mol. The van der Waals surface area contributed by atoms with Crippen molar-refractivity contribution in [3.63, 3.8) is 0 Å². The average Bonchev–Trinajstić information content (AvgIpc) is 2.60. The molecule has 1 aromatic carbocycles. The number of nitrogens with one attached hydrogen (secondary N) is 1. The Hall–Kier alpha value is -2.67. The molecule has 1 aliphatic carbocycles. The Morgan fingerprint density at radius 1 is 1.21 bits per heavy atom. The van der Waals surface area contributed by atoms with Gasteiger partial charge < -0.3 is 10.2 Å². The van der Waals surface area contributed by atoms with Crippen LogP contribution in [0, 0.1) is 10.8 Å². The lowest BCUT2D eigenvalue weighted by Crippen LogP contribution is -2.40. The fourth-order valence-corrected chi connectivity index (χ4v) is 4.66. The Balaban J connectivity index is 1.84. The van der Waals surface area contributed by atoms with Crippen molar-refractivity contribution in [2.75, 3.05) is 6.54 Å². The summed E-state index contributed by atoms with van der Waals surface area (Å²) in [7, 11) is 0. The number of hydrogen-bond acceptors (Lipinski definition) is 5. The molecule has 0 spiro atoms. The number of aromatic amines is 1. The molecule has 3 rings (SSSR count). The van der Waals surface area contributed by atoms with Gasteiger partial charge in [0.1, 0.15) is 5.56 Å². The largest absolute Gasteiger partial charge is 0.494 e. The van der Waals surface area contributed by atoms with E-state index in [-0.39, 0.29) is 29.0 Å². The molecule has 0 aliphatic heterocycles. The lowest BCUT2D eigenvalue weighted by molar-refractivity contribution is -0.00472. The number of aromatic hydroxyl groups is 1. The van der Waals surface area contributed by atoms with E-state index < -0.39 is 17.1 Å². The maximum Gasteiger partial charge on any atom is 0.331 e. The van der Waals surface area contributed by atoms with Gasteiger partial charge in [0.25, 0.3) is 5.56 Å². The van der Waals surface area contributed by atoms with Gasteiger partial charge in [-0.1, -0.05) is 51.1 Å². The summed E-state index contributed by atoms with van der Waals surface area (Å²) in [4.78, 5) is 31.0. The maximum absolute atomic E-state index is 12.2. The fourth-order valence-electron chi connectivity index (χ4n) is 4.66. The molecule has 0 radical (unpaired) electrons. The normalized spacial score (nSPS) is 24.1. The molecule has 7 nitrogen and oxygen atoms in total. The number of H-pyrrole nitrogens is 1. The highest BCUT2D eigenvalue weighted by molar-refractivity contribution is 5.81. The molecule has 2 atom stereocenters. The summed E-state index contributed by atoms with van der Waals surface area (Å²) in [5.41, 5.74) is -0.735. The van der Waals surface area contributed by atoms with Crippen molar-refractivity contribution in [3.8, 4) is 5.88 Å². The van der Waals surface area contributed by atoms with Crippen LogP contribution in [0.4, 0.5) is 0 Å². The molecule has 2 aromatic rings. The van der Waals surface area contributed by atoms with E-state index in [4.69, 9.17) is 0 Å². The molecule has 3 N–H and O–H groups in total. The number of hydrogen-bond donors (Lipinski definition) is 3. The molecule has 0 unspecified atom stereocenters. The van der Waals surface area contributed by atoms with Crippen LogP contribution in [-0.4, -0.2) is 38.6 Å². The fraction of sp³-hybridized carbons (Fsp3) is 0.500. The number of benzene rings is 1. The molecule has 1 heterocycles. The smallest absolute Gasteiger partial charge is 0.331 e. The van der Waals surface area contributed by atoms with Crippen LogP contribution in [0.1, 0.15) is 51.2 Å². The molecule has 29 heavy (non-hydrogen) atoms. The van der Waals surface area contributed by atoms with Crippen molar-refractivity contribution in [1.29, 1.82) is 0 Å². The molecule has 1 saturated carbocycles. The van der Waals surface area contributed by atoms with E-state index in [1.54, 1.807) is 0 Å². The quantitative estimate of drug-likeness (QED) is 0.671. The standard InChI is InChI=1S/C22H29N3O4/c1-21(2)9-16(26)10-22(3,13-21)14-23-11-17-18(27)24-20(29)25(19(17)28)12-15-7-5-4-6-8-15/h4-8,11,16,26,28H,9-10,12-14H2,1-3H3,(H,24,27,29)/t16-,22-/m1/s1. The van der Waals surface area contributed by atoms with Crippen LogP contribution >= 0.6 is 0 Å². The minimum atomic E-state index is -0.672. The Morgan fingerprint density at radius 3 is 2.55 bits per heavy atom. The minimum absolute atomic E-state index is 0.0183. The first-order chi connectivity index (χ1) is 13.6. The SMILES string of the molecule is CC1(C)C[C@@H](O)C[C@@](C)(CN=Cc2c(O)n(Cc3ccccc3)c(=O)[nH]c2=O)C1. The number of aliphatic hydroxyl groups is 1. The van der Waals surface area contributed by atoms with Gasteiger partial charge in [-0.05, 0) is 35.7 Å². The first-order valence-corrected chi connectivity index (χ1v) is 9.87. The second-order valence-electron chi connectivity index (χ2n) is 9.25. The van der Waals surface area contributed by atoms with Gasteiger partial charge in [0.05, 0.1) is 12.6 Å². The van der Waals surface area contributed by atoms with Crippen LogP contribution in [0.2, 0.25) is 0 Å². The lowest BCUT2D eigenvalue weighted by Gasteiger charge is -2.44. The summed E-state index contributed by atoms with van der Waals surface area (Å²) in [5, 5.41) is 20.8. The zero-order chi connectivity index (χ0) is 21.2. The maximum atomic E-state index is 12.2. The second-order valence-corrected chi connectivity index (χ2v) is 9.25. The Bertz CT molecular complexity index is 1010. The summed E-state index contributed by atoms with van der Waals surface area (Å²) in [6.07, 6.45) is 3.27. The van der Waals surface area contributed by atoms with Crippen molar-refractivity contribution >= 4 is 6.21 Å². The van der Waals surface area contributed by atoms with E-state index in [1.165, 1.54) is 6.21 Å². The van der Waals surface area contributed by atoms with Crippen LogP contribution in [0.3, 0.4) is 0 Å². The van der Waals surface area contributed by atoms with Crippen molar-refractivity contribution < 1.29 is 10.2 Å². The van der Waals surface area contributed by atoms with Crippen LogP contribution in [0.25, 0.3) is 0 Å². The Labute approximate surface area is 169 Å². The third kappa shape index (κ3) is 5.03. The van der Waals surface area contributed by atoms with E-state index in [0.29, 0.717) is 13.0 Å². The van der Waals surface area contributed by atoms with Crippen molar-refractivity contribution in [1.82, 2.24) is 9.55 Å². The summed E-state index contributed by atoms with van der Waals surface area (Å²) >= 11 is 0. The summed E-state index contributed by atoms with van der Waals surface area (Å²) in [6.45, 7) is 6.90. The highest BCUT2D eigenvalue weighted by Crippen LogP contribution is 2.46. The summed E-state index contributed by atoms with van der Waals surface area (Å²) in [5.74, 6) is -0.402. The Morgan fingerprint density at radius 2 is 1.90 bits per heavy atom. The predicted octanol–water partition coefficient (Wildman–Crippen LogP) is 2.29. The molecule has 156 valence electrons. The highest BCUT2D eigenvalue weighted by atomic mass is 16.3. The second kappa shape index (κ2) is 7.99. The van der Waals surface area contributed by atoms with Gasteiger partial charge in [-0.25, -0.2) is 4.79 Å². The highest BCUT2D eigenvalue weighted by Gasteiger charge is 2.40. The van der Waals surface area contributed by atoms with Crippen molar-refractivity contribution in [3.05, 3.63) is 62.3 Å². The van der Waals surface area contributed by atoms with Gasteiger partial charge in [0.2, 0.25) is 5.88 Å².